The van der Waals surface area contributed by atoms with Crippen molar-refractivity contribution in [1.82, 2.24) is 15.1 Å². The third kappa shape index (κ3) is 4.94. The van der Waals surface area contributed by atoms with Gasteiger partial charge in [0.2, 0.25) is 5.91 Å². The zero-order valence-electron chi connectivity index (χ0n) is 17.1. The number of likely N-dealkylation sites (N-methyl/N-ethyl adjacent to an activating group) is 1. The molecular weight excluding hydrogens is 413 g/mol. The maximum atomic E-state index is 13.8. The van der Waals surface area contributed by atoms with Gasteiger partial charge in [0, 0.05) is 6.42 Å². The van der Waals surface area contributed by atoms with E-state index in [1.165, 1.54) is 12.1 Å². The summed E-state index contributed by atoms with van der Waals surface area (Å²) < 4.78 is 13.8. The fraction of sp³-hybridized carbons (Fsp3) is 0.450. The molecule has 2 atom stereocenters. The largest absolute Gasteiger partial charge is 0.480 e. The fourth-order valence-electron chi connectivity index (χ4n) is 3.33. The van der Waals surface area contributed by atoms with Crippen LogP contribution in [0.5, 0.6) is 0 Å². The van der Waals surface area contributed by atoms with E-state index in [0.29, 0.717) is 11.4 Å². The summed E-state index contributed by atoms with van der Waals surface area (Å²) in [6, 6.07) is 2.12. The lowest BCUT2D eigenvalue weighted by Gasteiger charge is -2.34. The van der Waals surface area contributed by atoms with Gasteiger partial charge in [-0.25, -0.2) is 4.39 Å². The van der Waals surface area contributed by atoms with E-state index in [0.717, 1.165) is 11.0 Å². The first-order chi connectivity index (χ1) is 14.6. The summed E-state index contributed by atoms with van der Waals surface area (Å²) in [7, 11) is 0. The minimum absolute atomic E-state index is 0.00726. The van der Waals surface area contributed by atoms with Crippen LogP contribution < -0.4 is 5.32 Å². The molecular formula is C20H24FN3O7. The molecule has 31 heavy (non-hydrogen) atoms. The molecule has 1 aromatic carbocycles. The van der Waals surface area contributed by atoms with Crippen molar-refractivity contribution in [3.63, 3.8) is 0 Å². The smallest absolute Gasteiger partial charge is 0.320 e. The van der Waals surface area contributed by atoms with Gasteiger partial charge in [-0.3, -0.25) is 33.8 Å². The first-order valence-electron chi connectivity index (χ1n) is 9.73. The number of β-amino-alcohol motifs (C(OH)–C–C–N with tert-alkyl or cyclic N) is 1. The lowest BCUT2D eigenvalue weighted by molar-refractivity contribution is -0.152. The zero-order valence-corrected chi connectivity index (χ0v) is 17.1. The number of benzene rings is 1. The van der Waals surface area contributed by atoms with Crippen LogP contribution >= 0.6 is 0 Å². The molecule has 1 fully saturated rings. The Labute approximate surface area is 177 Å². The number of piperidine rings is 1. The number of halogens is 1. The number of rotatable bonds is 6. The Morgan fingerprint density at radius 2 is 1.94 bits per heavy atom. The van der Waals surface area contributed by atoms with E-state index in [9.17, 15) is 28.4 Å². The van der Waals surface area contributed by atoms with Crippen molar-refractivity contribution >= 4 is 29.6 Å². The number of carbonyl (C=O) groups excluding carboxylic acids is 4. The van der Waals surface area contributed by atoms with Crippen molar-refractivity contribution in [3.8, 4) is 0 Å². The number of amides is 4. The van der Waals surface area contributed by atoms with E-state index >= 15 is 0 Å². The first-order valence-corrected chi connectivity index (χ1v) is 9.73. The van der Waals surface area contributed by atoms with Gasteiger partial charge < -0.3 is 15.5 Å². The number of fused-ring (bicyclic) bond motifs is 1. The number of aliphatic hydroxyl groups is 1. The summed E-state index contributed by atoms with van der Waals surface area (Å²) in [5.41, 5.74) is -0.440. The third-order valence-electron chi connectivity index (χ3n) is 4.90. The Morgan fingerprint density at radius 1 is 1.26 bits per heavy atom. The monoisotopic (exact) mass is 437 g/mol. The highest BCUT2D eigenvalue weighted by Gasteiger charge is 2.47. The summed E-state index contributed by atoms with van der Waals surface area (Å²) in [6.45, 7) is 3.57. The number of carboxylic acids is 1. The number of nitrogens with zero attached hydrogens (tertiary/aromatic N) is 2. The number of aliphatic hydroxyl groups excluding tert-OH is 1. The second kappa shape index (κ2) is 10.2. The van der Waals surface area contributed by atoms with Crippen LogP contribution in [0.15, 0.2) is 18.2 Å². The number of carboxylic acid groups (broad SMARTS) is 1. The van der Waals surface area contributed by atoms with E-state index < -0.39 is 54.1 Å². The van der Waals surface area contributed by atoms with Gasteiger partial charge >= 0.3 is 5.97 Å². The number of likely N-dealkylation sites (tertiary alicyclic amines) is 1. The number of hydrogen-bond donors (Lipinski definition) is 3. The maximum Gasteiger partial charge on any atom is 0.320 e. The summed E-state index contributed by atoms with van der Waals surface area (Å²) >= 11 is 0. The number of imide groups is 2. The van der Waals surface area contributed by atoms with Crippen LogP contribution in [0.3, 0.4) is 0 Å². The average Bonchev–Trinajstić information content (AvgIpc) is 2.98. The molecule has 2 aliphatic heterocycles. The molecule has 0 aromatic heterocycles. The lowest BCUT2D eigenvalue weighted by Crippen LogP contribution is -2.56. The van der Waals surface area contributed by atoms with Crippen molar-refractivity contribution in [3.05, 3.63) is 35.1 Å². The molecule has 4 amide bonds. The van der Waals surface area contributed by atoms with Gasteiger partial charge in [-0.05, 0) is 32.0 Å². The SMILES string of the molecule is CCN[C@@H](C)C(=O)O.O=C1CCC(N2C(=O)c3cccc(F)c3C2=O)C(=O)N1CCO. The van der Waals surface area contributed by atoms with Gasteiger partial charge in [0.05, 0.1) is 24.3 Å². The van der Waals surface area contributed by atoms with Crippen LogP contribution in [0.25, 0.3) is 0 Å². The Hall–Kier alpha value is -3.18. The minimum Gasteiger partial charge on any atom is -0.480 e. The highest BCUT2D eigenvalue weighted by molar-refractivity contribution is 6.23. The Kier molecular flexibility index (Phi) is 7.95. The third-order valence-corrected chi connectivity index (χ3v) is 4.90. The standard InChI is InChI=1S/C15H13FN2O5.C5H11NO2/c16-9-3-1-2-8-12(9)15(23)18(13(8)21)10-4-5-11(20)17(6-7-19)14(10)22;1-3-6-4(2)5(7)8/h1-3,10,19H,4-7H2;4,6H,3H2,1-2H3,(H,7,8)/t;4-/m.0/s1. The molecule has 0 saturated carbocycles. The van der Waals surface area contributed by atoms with Gasteiger partial charge in [0.15, 0.2) is 0 Å². The van der Waals surface area contributed by atoms with Crippen molar-refractivity contribution in [1.29, 1.82) is 0 Å². The van der Waals surface area contributed by atoms with Gasteiger partial charge in [0.25, 0.3) is 17.7 Å². The molecule has 2 heterocycles. The quantitative estimate of drug-likeness (QED) is 0.528. The zero-order chi connectivity index (χ0) is 23.3. The van der Waals surface area contributed by atoms with E-state index in [1.807, 2.05) is 6.92 Å². The molecule has 168 valence electrons. The Morgan fingerprint density at radius 3 is 2.45 bits per heavy atom. The van der Waals surface area contributed by atoms with E-state index in [2.05, 4.69) is 5.32 Å². The van der Waals surface area contributed by atoms with Crippen LogP contribution in [0.1, 0.15) is 47.4 Å². The number of carbonyl (C=O) groups is 5. The molecule has 11 heteroatoms. The van der Waals surface area contributed by atoms with Gasteiger partial charge in [-0.15, -0.1) is 0 Å². The predicted molar refractivity (Wildman–Crippen MR) is 105 cm³/mol. The lowest BCUT2D eigenvalue weighted by atomic mass is 10.0. The Balaban J connectivity index is 0.000000366. The van der Waals surface area contributed by atoms with E-state index in [4.69, 9.17) is 10.2 Å². The van der Waals surface area contributed by atoms with Crippen LogP contribution in [0, 0.1) is 5.82 Å². The van der Waals surface area contributed by atoms with Gasteiger partial charge in [0.1, 0.15) is 17.9 Å². The number of nitrogens with one attached hydrogen (secondary N) is 1. The van der Waals surface area contributed by atoms with Crippen LogP contribution in [-0.2, 0) is 14.4 Å². The molecule has 0 aliphatic carbocycles. The molecule has 10 nitrogen and oxygen atoms in total. The average molecular weight is 437 g/mol. The number of hydrogen-bond acceptors (Lipinski definition) is 7. The van der Waals surface area contributed by atoms with Gasteiger partial charge in [-0.1, -0.05) is 13.0 Å². The van der Waals surface area contributed by atoms with Crippen LogP contribution in [-0.4, -0.2) is 81.4 Å². The summed E-state index contributed by atoms with van der Waals surface area (Å²) in [5.74, 6) is -4.45. The topological polar surface area (TPSA) is 144 Å². The molecule has 1 aromatic rings. The predicted octanol–water partition coefficient (Wildman–Crippen LogP) is 0.000600. The van der Waals surface area contributed by atoms with Crippen molar-refractivity contribution in [2.75, 3.05) is 19.7 Å². The molecule has 0 spiro atoms. The van der Waals surface area contributed by atoms with Crippen molar-refractivity contribution < 1.29 is 38.6 Å². The van der Waals surface area contributed by atoms with Crippen molar-refractivity contribution in [2.45, 2.75) is 38.8 Å². The second-order valence-corrected chi connectivity index (χ2v) is 6.92. The summed E-state index contributed by atoms with van der Waals surface area (Å²) in [5, 5.41) is 19.9. The maximum absolute atomic E-state index is 13.8. The van der Waals surface area contributed by atoms with Crippen molar-refractivity contribution in [2.24, 2.45) is 0 Å². The fourth-order valence-corrected chi connectivity index (χ4v) is 3.33. The van der Waals surface area contributed by atoms with E-state index in [1.54, 1.807) is 6.92 Å². The molecule has 1 saturated heterocycles. The molecule has 3 N–H and O–H groups in total. The number of aliphatic carboxylic acids is 1. The minimum atomic E-state index is -1.16. The molecule has 0 bridgehead atoms. The molecule has 3 rings (SSSR count). The first kappa shape index (κ1) is 24.1. The van der Waals surface area contributed by atoms with Crippen LogP contribution in [0.4, 0.5) is 4.39 Å². The second-order valence-electron chi connectivity index (χ2n) is 6.92. The highest BCUT2D eigenvalue weighted by Crippen LogP contribution is 2.30. The van der Waals surface area contributed by atoms with Crippen LogP contribution in [0.2, 0.25) is 0 Å². The molecule has 0 radical (unpaired) electrons. The van der Waals surface area contributed by atoms with E-state index in [-0.39, 0.29) is 30.5 Å². The highest BCUT2D eigenvalue weighted by atomic mass is 19.1. The molecule has 1 unspecified atom stereocenters. The Bertz CT molecular complexity index is 905. The normalized spacial score (nSPS) is 19.2. The summed E-state index contributed by atoms with van der Waals surface area (Å²) in [6.07, 6.45) is -0.0427. The summed E-state index contributed by atoms with van der Waals surface area (Å²) in [4.78, 5) is 60.5. The molecule has 2 aliphatic rings. The van der Waals surface area contributed by atoms with Gasteiger partial charge in [-0.2, -0.15) is 0 Å².